The Bertz CT molecular complexity index is 406. The average molecular weight is 292 g/mol. The van der Waals surface area contributed by atoms with Gasteiger partial charge in [0.15, 0.2) is 11.5 Å². The van der Waals surface area contributed by atoms with Gasteiger partial charge < -0.3 is 14.8 Å². The van der Waals surface area contributed by atoms with E-state index in [1.807, 2.05) is 31.2 Å². The van der Waals surface area contributed by atoms with E-state index in [0.29, 0.717) is 19.3 Å². The number of benzene rings is 1. The highest BCUT2D eigenvalue weighted by Gasteiger charge is 2.17. The normalized spacial score (nSPS) is 18.1. The zero-order valence-electron chi connectivity index (χ0n) is 13.3. The first kappa shape index (κ1) is 16.1. The summed E-state index contributed by atoms with van der Waals surface area (Å²) >= 11 is 0. The highest BCUT2D eigenvalue weighted by Crippen LogP contribution is 2.26. The van der Waals surface area contributed by atoms with Gasteiger partial charge in [-0.05, 0) is 45.0 Å². The first-order chi connectivity index (χ1) is 10.3. The van der Waals surface area contributed by atoms with Crippen molar-refractivity contribution in [1.82, 2.24) is 10.2 Å². The van der Waals surface area contributed by atoms with Crippen LogP contribution in [0.4, 0.5) is 0 Å². The lowest BCUT2D eigenvalue weighted by molar-refractivity contribution is 0.197. The predicted octanol–water partition coefficient (Wildman–Crippen LogP) is 2.54. The Labute approximate surface area is 128 Å². The minimum absolute atomic E-state index is 0.653. The molecule has 1 heterocycles. The maximum Gasteiger partial charge on any atom is 0.161 e. The van der Waals surface area contributed by atoms with Crippen LogP contribution in [-0.4, -0.2) is 50.3 Å². The summed E-state index contributed by atoms with van der Waals surface area (Å²) in [5.74, 6) is 1.68. The fourth-order valence-electron chi connectivity index (χ4n) is 2.73. The second kappa shape index (κ2) is 8.90. The molecule has 1 aliphatic rings. The monoisotopic (exact) mass is 292 g/mol. The number of hydrogen-bond acceptors (Lipinski definition) is 4. The van der Waals surface area contributed by atoms with Crippen molar-refractivity contribution in [2.45, 2.75) is 32.7 Å². The van der Waals surface area contributed by atoms with Crippen molar-refractivity contribution >= 4 is 0 Å². The maximum absolute atomic E-state index is 5.90. The van der Waals surface area contributed by atoms with Crippen LogP contribution in [0.5, 0.6) is 11.5 Å². The van der Waals surface area contributed by atoms with Crippen molar-refractivity contribution in [3.8, 4) is 11.5 Å². The van der Waals surface area contributed by atoms with Gasteiger partial charge in [-0.3, -0.25) is 4.90 Å². The fraction of sp³-hybridized carbons (Fsp3) is 0.647. The summed E-state index contributed by atoms with van der Waals surface area (Å²) in [4.78, 5) is 2.45. The van der Waals surface area contributed by atoms with Gasteiger partial charge in [-0.25, -0.2) is 0 Å². The Hall–Kier alpha value is -1.26. The minimum atomic E-state index is 0.653. The third kappa shape index (κ3) is 5.21. The second-order valence-corrected chi connectivity index (χ2v) is 5.41. The predicted molar refractivity (Wildman–Crippen MR) is 86.2 cm³/mol. The van der Waals surface area contributed by atoms with Crippen molar-refractivity contribution in [2.24, 2.45) is 0 Å². The Morgan fingerprint density at radius 3 is 2.57 bits per heavy atom. The van der Waals surface area contributed by atoms with Gasteiger partial charge in [0, 0.05) is 19.1 Å². The fourth-order valence-corrected chi connectivity index (χ4v) is 2.73. The van der Waals surface area contributed by atoms with Crippen LogP contribution in [-0.2, 0) is 0 Å². The number of ether oxygens (including phenoxy) is 2. The van der Waals surface area contributed by atoms with Crippen molar-refractivity contribution in [2.75, 3.05) is 39.4 Å². The Balaban J connectivity index is 1.76. The number of nitrogens with zero attached hydrogens (tertiary/aromatic N) is 1. The highest BCUT2D eigenvalue weighted by atomic mass is 16.5. The van der Waals surface area contributed by atoms with Gasteiger partial charge in [-0.2, -0.15) is 0 Å². The molecule has 21 heavy (non-hydrogen) atoms. The summed E-state index contributed by atoms with van der Waals surface area (Å²) in [6.07, 6.45) is 2.60. The number of para-hydroxylation sites is 2. The van der Waals surface area contributed by atoms with Crippen LogP contribution in [0.1, 0.15) is 26.7 Å². The molecule has 4 nitrogen and oxygen atoms in total. The molecule has 1 saturated heterocycles. The van der Waals surface area contributed by atoms with E-state index in [-0.39, 0.29) is 0 Å². The molecule has 0 amide bonds. The Morgan fingerprint density at radius 1 is 1.19 bits per heavy atom. The van der Waals surface area contributed by atoms with Gasteiger partial charge in [0.1, 0.15) is 6.61 Å². The SMILES string of the molecule is CCOc1ccccc1OCCN(CC)CC1CCCN1. The van der Waals surface area contributed by atoms with Crippen LogP contribution in [0.2, 0.25) is 0 Å². The van der Waals surface area contributed by atoms with Crippen LogP contribution < -0.4 is 14.8 Å². The number of rotatable bonds is 9. The van der Waals surface area contributed by atoms with Crippen LogP contribution >= 0.6 is 0 Å². The number of hydrogen-bond donors (Lipinski definition) is 1. The zero-order valence-corrected chi connectivity index (χ0v) is 13.3. The lowest BCUT2D eigenvalue weighted by atomic mass is 10.2. The smallest absolute Gasteiger partial charge is 0.161 e. The molecule has 1 aromatic carbocycles. The van der Waals surface area contributed by atoms with E-state index in [4.69, 9.17) is 9.47 Å². The Morgan fingerprint density at radius 2 is 1.95 bits per heavy atom. The maximum atomic E-state index is 5.90. The van der Waals surface area contributed by atoms with Gasteiger partial charge >= 0.3 is 0 Å². The first-order valence-corrected chi connectivity index (χ1v) is 8.13. The quantitative estimate of drug-likeness (QED) is 0.758. The lowest BCUT2D eigenvalue weighted by Gasteiger charge is -2.24. The molecule has 1 fully saturated rings. The van der Waals surface area contributed by atoms with Gasteiger partial charge in [-0.1, -0.05) is 19.1 Å². The first-order valence-electron chi connectivity index (χ1n) is 8.13. The van der Waals surface area contributed by atoms with Crippen LogP contribution in [0.3, 0.4) is 0 Å². The minimum Gasteiger partial charge on any atom is -0.490 e. The van der Waals surface area contributed by atoms with Crippen LogP contribution in [0.25, 0.3) is 0 Å². The largest absolute Gasteiger partial charge is 0.490 e. The summed E-state index contributed by atoms with van der Waals surface area (Å²) < 4.78 is 11.5. The van der Waals surface area contributed by atoms with Crippen LogP contribution in [0.15, 0.2) is 24.3 Å². The van der Waals surface area contributed by atoms with E-state index >= 15 is 0 Å². The van der Waals surface area contributed by atoms with Gasteiger partial charge in [0.05, 0.1) is 6.61 Å². The molecule has 118 valence electrons. The molecule has 1 aliphatic heterocycles. The molecule has 1 atom stereocenters. The Kier molecular flexibility index (Phi) is 6.83. The molecule has 0 aliphatic carbocycles. The van der Waals surface area contributed by atoms with E-state index in [0.717, 1.165) is 31.1 Å². The molecule has 0 bridgehead atoms. The summed E-state index contributed by atoms with van der Waals surface area (Å²) in [7, 11) is 0. The molecule has 0 radical (unpaired) electrons. The number of likely N-dealkylation sites (N-methyl/N-ethyl adjacent to an activating group) is 1. The second-order valence-electron chi connectivity index (χ2n) is 5.41. The van der Waals surface area contributed by atoms with Crippen LogP contribution in [0, 0.1) is 0 Å². The van der Waals surface area contributed by atoms with Gasteiger partial charge in [-0.15, -0.1) is 0 Å². The third-order valence-electron chi connectivity index (χ3n) is 3.90. The molecule has 4 heteroatoms. The molecule has 0 aromatic heterocycles. The summed E-state index contributed by atoms with van der Waals surface area (Å²) in [5.41, 5.74) is 0. The lowest BCUT2D eigenvalue weighted by Crippen LogP contribution is -2.39. The van der Waals surface area contributed by atoms with Crippen molar-refractivity contribution in [3.05, 3.63) is 24.3 Å². The van der Waals surface area contributed by atoms with Gasteiger partial charge in [0.2, 0.25) is 0 Å². The van der Waals surface area contributed by atoms with E-state index in [9.17, 15) is 0 Å². The van der Waals surface area contributed by atoms with E-state index in [1.54, 1.807) is 0 Å². The average Bonchev–Trinajstić information content (AvgIpc) is 3.01. The molecular weight excluding hydrogens is 264 g/mol. The third-order valence-corrected chi connectivity index (χ3v) is 3.90. The van der Waals surface area contributed by atoms with E-state index < -0.39 is 0 Å². The molecule has 2 rings (SSSR count). The topological polar surface area (TPSA) is 33.7 Å². The summed E-state index contributed by atoms with van der Waals surface area (Å²) in [5, 5.41) is 3.55. The van der Waals surface area contributed by atoms with Crippen molar-refractivity contribution < 1.29 is 9.47 Å². The van der Waals surface area contributed by atoms with Crippen molar-refractivity contribution in [3.63, 3.8) is 0 Å². The van der Waals surface area contributed by atoms with Gasteiger partial charge in [0.25, 0.3) is 0 Å². The number of nitrogens with one attached hydrogen (secondary N) is 1. The zero-order chi connectivity index (χ0) is 14.9. The van der Waals surface area contributed by atoms with Crippen molar-refractivity contribution in [1.29, 1.82) is 0 Å². The summed E-state index contributed by atoms with van der Waals surface area (Å²) in [6, 6.07) is 8.54. The summed E-state index contributed by atoms with van der Waals surface area (Å²) in [6.45, 7) is 9.87. The molecular formula is C17H28N2O2. The van der Waals surface area contributed by atoms with E-state index in [2.05, 4.69) is 17.1 Å². The molecule has 0 spiro atoms. The molecule has 1 N–H and O–H groups in total. The standard InChI is InChI=1S/C17H28N2O2/c1-3-19(14-15-8-7-11-18-15)12-13-21-17-10-6-5-9-16(17)20-4-2/h5-6,9-10,15,18H,3-4,7-8,11-14H2,1-2H3. The molecule has 0 saturated carbocycles. The highest BCUT2D eigenvalue weighted by molar-refractivity contribution is 5.39. The van der Waals surface area contributed by atoms with E-state index in [1.165, 1.54) is 19.4 Å². The molecule has 1 unspecified atom stereocenters. The molecule has 1 aromatic rings.